The summed E-state index contributed by atoms with van der Waals surface area (Å²) < 4.78 is 10.3. The average Bonchev–Trinajstić information content (AvgIpc) is 2.16. The minimum Gasteiger partial charge on any atom is -0.394 e. The average molecular weight is 255 g/mol. The first-order valence-corrected chi connectivity index (χ1v) is 5.86. The molecule has 0 heterocycles. The first-order valence-electron chi connectivity index (χ1n) is 4.74. The molecule has 0 radical (unpaired) electrons. The van der Waals surface area contributed by atoms with Crippen molar-refractivity contribution in [2.45, 2.75) is 19.3 Å². The summed E-state index contributed by atoms with van der Waals surface area (Å²) in [4.78, 5) is 0. The van der Waals surface area contributed by atoms with Crippen LogP contribution in [0.25, 0.3) is 0 Å². The molecule has 0 fully saturated rings. The van der Waals surface area contributed by atoms with Gasteiger partial charge in [0.25, 0.3) is 0 Å². The first-order chi connectivity index (χ1) is 6.41. The van der Waals surface area contributed by atoms with E-state index in [1.165, 1.54) is 12.8 Å². The second-order valence-electron chi connectivity index (χ2n) is 2.70. The fourth-order valence-electron chi connectivity index (χ4n) is 0.862. The molecule has 0 aromatic carbocycles. The Hall–Kier alpha value is 0.360. The van der Waals surface area contributed by atoms with Crippen LogP contribution in [0.3, 0.4) is 0 Å². The number of hydrogen-bond donors (Lipinski definition) is 1. The van der Waals surface area contributed by atoms with E-state index in [9.17, 15) is 0 Å². The molecule has 80 valence electrons. The molecule has 0 saturated carbocycles. The van der Waals surface area contributed by atoms with Gasteiger partial charge in [0.05, 0.1) is 26.4 Å². The minimum atomic E-state index is 0.0885. The Morgan fingerprint density at radius 1 is 0.846 bits per heavy atom. The summed E-state index contributed by atoms with van der Waals surface area (Å²) in [5.74, 6) is 0. The van der Waals surface area contributed by atoms with Gasteiger partial charge in [0.1, 0.15) is 0 Å². The maximum absolute atomic E-state index is 8.40. The Labute approximate surface area is 88.5 Å². The van der Waals surface area contributed by atoms with Crippen molar-refractivity contribution in [2.75, 3.05) is 38.4 Å². The van der Waals surface area contributed by atoms with Gasteiger partial charge in [-0.2, -0.15) is 0 Å². The van der Waals surface area contributed by atoms with Crippen LogP contribution in [0.5, 0.6) is 0 Å². The van der Waals surface area contributed by atoms with Crippen LogP contribution in [0.15, 0.2) is 0 Å². The molecule has 13 heavy (non-hydrogen) atoms. The third kappa shape index (κ3) is 12.4. The molecule has 0 saturated heterocycles. The van der Waals surface area contributed by atoms with Gasteiger partial charge in [0.2, 0.25) is 0 Å². The second-order valence-corrected chi connectivity index (χ2v) is 3.49. The summed E-state index contributed by atoms with van der Waals surface area (Å²) >= 11 is 3.38. The lowest BCUT2D eigenvalue weighted by Crippen LogP contribution is -2.07. The summed E-state index contributed by atoms with van der Waals surface area (Å²) in [5.41, 5.74) is 0. The number of hydrogen-bond acceptors (Lipinski definition) is 3. The van der Waals surface area contributed by atoms with Crippen LogP contribution >= 0.6 is 15.9 Å². The largest absolute Gasteiger partial charge is 0.394 e. The highest BCUT2D eigenvalue weighted by atomic mass is 79.9. The Kier molecular flexibility index (Phi) is 12.7. The highest BCUT2D eigenvalue weighted by Gasteiger charge is 1.90. The molecule has 0 aliphatic rings. The van der Waals surface area contributed by atoms with Crippen LogP contribution in [-0.2, 0) is 9.47 Å². The van der Waals surface area contributed by atoms with E-state index in [2.05, 4.69) is 15.9 Å². The molecule has 0 unspecified atom stereocenters. The quantitative estimate of drug-likeness (QED) is 0.476. The minimum absolute atomic E-state index is 0.0885. The molecule has 0 aromatic rings. The van der Waals surface area contributed by atoms with E-state index in [0.717, 1.165) is 18.4 Å². The lowest BCUT2D eigenvalue weighted by molar-refractivity contribution is 0.0322. The number of unbranched alkanes of at least 4 members (excludes halogenated alkanes) is 2. The molecular formula is C9H19BrO3. The van der Waals surface area contributed by atoms with Gasteiger partial charge in [0.15, 0.2) is 0 Å². The Morgan fingerprint density at radius 2 is 1.54 bits per heavy atom. The normalized spacial score (nSPS) is 10.6. The van der Waals surface area contributed by atoms with Crippen molar-refractivity contribution in [1.29, 1.82) is 0 Å². The Bertz CT molecular complexity index is 80.9. The van der Waals surface area contributed by atoms with Crippen molar-refractivity contribution in [1.82, 2.24) is 0 Å². The molecule has 0 amide bonds. The predicted octanol–water partition coefficient (Wildman–Crippen LogP) is 1.58. The third-order valence-electron chi connectivity index (χ3n) is 1.53. The van der Waals surface area contributed by atoms with Gasteiger partial charge in [-0.3, -0.25) is 0 Å². The molecule has 0 atom stereocenters. The van der Waals surface area contributed by atoms with Gasteiger partial charge >= 0.3 is 0 Å². The van der Waals surface area contributed by atoms with Gasteiger partial charge in [0, 0.05) is 11.9 Å². The molecule has 0 rings (SSSR count). The number of aliphatic hydroxyl groups excluding tert-OH is 1. The van der Waals surface area contributed by atoms with Crippen LogP contribution in [0.4, 0.5) is 0 Å². The van der Waals surface area contributed by atoms with Crippen molar-refractivity contribution in [3.8, 4) is 0 Å². The lowest BCUT2D eigenvalue weighted by atomic mass is 10.3. The molecular weight excluding hydrogens is 236 g/mol. The fourth-order valence-corrected chi connectivity index (χ4v) is 1.26. The van der Waals surface area contributed by atoms with E-state index in [1.54, 1.807) is 0 Å². The zero-order valence-corrected chi connectivity index (χ0v) is 9.59. The Morgan fingerprint density at radius 3 is 2.15 bits per heavy atom. The summed E-state index contributed by atoms with van der Waals surface area (Å²) in [6.45, 7) is 2.53. The first kappa shape index (κ1) is 13.4. The molecule has 1 N–H and O–H groups in total. The van der Waals surface area contributed by atoms with Crippen LogP contribution < -0.4 is 0 Å². The molecule has 3 nitrogen and oxygen atoms in total. The number of rotatable bonds is 10. The van der Waals surface area contributed by atoms with Crippen LogP contribution in [0.1, 0.15) is 19.3 Å². The summed E-state index contributed by atoms with van der Waals surface area (Å²) in [6.07, 6.45) is 3.54. The van der Waals surface area contributed by atoms with E-state index in [1.807, 2.05) is 0 Å². The van der Waals surface area contributed by atoms with Crippen molar-refractivity contribution in [2.24, 2.45) is 0 Å². The zero-order valence-electron chi connectivity index (χ0n) is 8.01. The smallest absolute Gasteiger partial charge is 0.0701 e. The van der Waals surface area contributed by atoms with Crippen LogP contribution in [0, 0.1) is 0 Å². The number of aliphatic hydroxyl groups is 1. The van der Waals surface area contributed by atoms with E-state index in [-0.39, 0.29) is 6.61 Å². The number of alkyl halides is 1. The SMILES string of the molecule is OCCOCCOCCCCCBr. The standard InChI is InChI=1S/C9H19BrO3/c10-4-2-1-3-6-12-8-9-13-7-5-11/h11H,1-9H2. The number of halogens is 1. The molecule has 4 heteroatoms. The van der Waals surface area contributed by atoms with Gasteiger partial charge in [-0.05, 0) is 12.8 Å². The highest BCUT2D eigenvalue weighted by Crippen LogP contribution is 1.98. The molecule has 0 bridgehead atoms. The zero-order chi connectivity index (χ0) is 9.78. The summed E-state index contributed by atoms with van der Waals surface area (Å²) in [5, 5.41) is 9.47. The van der Waals surface area contributed by atoms with E-state index in [0.29, 0.717) is 19.8 Å². The molecule has 0 spiro atoms. The van der Waals surface area contributed by atoms with Gasteiger partial charge in [-0.15, -0.1) is 0 Å². The van der Waals surface area contributed by atoms with Gasteiger partial charge < -0.3 is 14.6 Å². The maximum atomic E-state index is 8.40. The molecule has 0 aliphatic carbocycles. The van der Waals surface area contributed by atoms with Crippen LogP contribution in [-0.4, -0.2) is 43.5 Å². The molecule has 0 aromatic heterocycles. The van der Waals surface area contributed by atoms with E-state index >= 15 is 0 Å². The lowest BCUT2D eigenvalue weighted by Gasteiger charge is -2.03. The second kappa shape index (κ2) is 12.4. The topological polar surface area (TPSA) is 38.7 Å². The van der Waals surface area contributed by atoms with Gasteiger partial charge in [-0.1, -0.05) is 22.4 Å². The van der Waals surface area contributed by atoms with Crippen molar-refractivity contribution >= 4 is 15.9 Å². The third-order valence-corrected chi connectivity index (χ3v) is 2.09. The number of ether oxygens (including phenoxy) is 2. The van der Waals surface area contributed by atoms with E-state index in [4.69, 9.17) is 14.6 Å². The van der Waals surface area contributed by atoms with Crippen molar-refractivity contribution in [3.05, 3.63) is 0 Å². The highest BCUT2D eigenvalue weighted by molar-refractivity contribution is 9.09. The predicted molar refractivity (Wildman–Crippen MR) is 56.4 cm³/mol. The van der Waals surface area contributed by atoms with E-state index < -0.39 is 0 Å². The van der Waals surface area contributed by atoms with Crippen molar-refractivity contribution in [3.63, 3.8) is 0 Å². The summed E-state index contributed by atoms with van der Waals surface area (Å²) in [7, 11) is 0. The van der Waals surface area contributed by atoms with Gasteiger partial charge in [-0.25, -0.2) is 0 Å². The summed E-state index contributed by atoms with van der Waals surface area (Å²) in [6, 6.07) is 0. The van der Waals surface area contributed by atoms with Crippen LogP contribution in [0.2, 0.25) is 0 Å². The monoisotopic (exact) mass is 254 g/mol. The molecule has 0 aliphatic heterocycles. The Balaban J connectivity index is 2.76. The maximum Gasteiger partial charge on any atom is 0.0701 e. The van der Waals surface area contributed by atoms with Crippen molar-refractivity contribution < 1.29 is 14.6 Å². The fraction of sp³-hybridized carbons (Fsp3) is 1.00.